The van der Waals surface area contributed by atoms with Crippen LogP contribution in [0.3, 0.4) is 0 Å². The van der Waals surface area contributed by atoms with Gasteiger partial charge in [0.15, 0.2) is 0 Å². The number of amides is 2. The molecule has 0 saturated carbocycles. The van der Waals surface area contributed by atoms with E-state index in [0.29, 0.717) is 12.4 Å². The number of imidazole rings is 1. The Hall–Kier alpha value is -3.13. The molecule has 8 heteroatoms. The highest BCUT2D eigenvalue weighted by molar-refractivity contribution is 5.89. The van der Waals surface area contributed by atoms with Gasteiger partial charge in [-0.05, 0) is 20.3 Å². The largest absolute Gasteiger partial charge is 0.368 e. The van der Waals surface area contributed by atoms with E-state index in [2.05, 4.69) is 20.7 Å². The fraction of sp³-hybridized carbons (Fsp3) is 0.381. The van der Waals surface area contributed by atoms with Gasteiger partial charge in [0.05, 0.1) is 11.7 Å². The average Bonchev–Trinajstić information content (AvgIpc) is 3.42. The van der Waals surface area contributed by atoms with Crippen LogP contribution in [0.1, 0.15) is 38.2 Å². The van der Waals surface area contributed by atoms with Crippen molar-refractivity contribution in [2.45, 2.75) is 38.5 Å². The summed E-state index contributed by atoms with van der Waals surface area (Å²) in [4.78, 5) is 17.1. The van der Waals surface area contributed by atoms with Crippen molar-refractivity contribution in [2.75, 3.05) is 11.9 Å². The van der Waals surface area contributed by atoms with E-state index in [4.69, 9.17) is 4.74 Å². The number of aromatic nitrogens is 4. The van der Waals surface area contributed by atoms with Gasteiger partial charge >= 0.3 is 6.03 Å². The van der Waals surface area contributed by atoms with Gasteiger partial charge in [-0.25, -0.2) is 14.5 Å². The highest BCUT2D eigenvalue weighted by Gasteiger charge is 2.33. The third-order valence-corrected chi connectivity index (χ3v) is 5.06. The van der Waals surface area contributed by atoms with Crippen LogP contribution in [0, 0.1) is 0 Å². The maximum absolute atomic E-state index is 12.7. The quantitative estimate of drug-likeness (QED) is 0.693. The molecule has 0 unspecified atom stereocenters. The Balaban J connectivity index is 1.49. The van der Waals surface area contributed by atoms with Crippen LogP contribution < -0.4 is 10.6 Å². The second-order valence-corrected chi connectivity index (χ2v) is 7.50. The molecule has 1 aromatic carbocycles. The number of nitrogens with zero attached hydrogens (tertiary/aromatic N) is 4. The molecule has 29 heavy (non-hydrogen) atoms. The molecule has 0 spiro atoms. The number of nitrogens with one attached hydrogen (secondary N) is 2. The summed E-state index contributed by atoms with van der Waals surface area (Å²) in [6.45, 7) is 4.66. The highest BCUT2D eigenvalue weighted by atomic mass is 16.5. The van der Waals surface area contributed by atoms with Crippen LogP contribution in [-0.4, -0.2) is 38.0 Å². The molecule has 3 aromatic rings. The van der Waals surface area contributed by atoms with Crippen molar-refractivity contribution < 1.29 is 9.53 Å². The van der Waals surface area contributed by atoms with Crippen LogP contribution in [0.4, 0.5) is 10.6 Å². The van der Waals surface area contributed by atoms with Crippen molar-refractivity contribution in [3.05, 3.63) is 54.6 Å². The molecule has 4 rings (SSSR count). The number of carbonyl (C=O) groups excluding carboxylic acids is 1. The first-order chi connectivity index (χ1) is 14.0. The summed E-state index contributed by atoms with van der Waals surface area (Å²) in [7, 11) is 1.92. The Morgan fingerprint density at radius 1 is 1.28 bits per heavy atom. The molecular formula is C21H26N6O2. The van der Waals surface area contributed by atoms with Gasteiger partial charge in [0, 0.05) is 43.7 Å². The molecule has 0 aliphatic carbocycles. The number of urea groups is 1. The van der Waals surface area contributed by atoms with Crippen molar-refractivity contribution in [1.82, 2.24) is 24.6 Å². The minimum absolute atomic E-state index is 0.109. The number of aryl methyl sites for hydroxylation is 1. The van der Waals surface area contributed by atoms with Crippen molar-refractivity contribution in [3.63, 3.8) is 0 Å². The topological polar surface area (TPSA) is 86.0 Å². The summed E-state index contributed by atoms with van der Waals surface area (Å²) in [6, 6.07) is 11.5. The summed E-state index contributed by atoms with van der Waals surface area (Å²) in [5.41, 5.74) is 1.83. The first kappa shape index (κ1) is 19.2. The second kappa shape index (κ2) is 8.08. The van der Waals surface area contributed by atoms with Crippen molar-refractivity contribution in [1.29, 1.82) is 0 Å². The number of benzene rings is 1. The molecule has 0 radical (unpaired) electrons. The van der Waals surface area contributed by atoms with Crippen LogP contribution in [-0.2, 0) is 11.8 Å². The highest BCUT2D eigenvalue weighted by Crippen LogP contribution is 2.28. The number of anilines is 1. The van der Waals surface area contributed by atoms with Gasteiger partial charge < -0.3 is 14.6 Å². The number of ether oxygens (including phenoxy) is 1. The Labute approximate surface area is 169 Å². The average molecular weight is 394 g/mol. The zero-order valence-corrected chi connectivity index (χ0v) is 16.9. The molecule has 0 bridgehead atoms. The van der Waals surface area contributed by atoms with Gasteiger partial charge in [0.1, 0.15) is 17.7 Å². The van der Waals surface area contributed by atoms with E-state index in [-0.39, 0.29) is 24.2 Å². The second-order valence-electron chi connectivity index (χ2n) is 7.50. The van der Waals surface area contributed by atoms with Crippen molar-refractivity contribution >= 4 is 11.8 Å². The molecule has 2 amide bonds. The van der Waals surface area contributed by atoms with Crippen LogP contribution in [0.15, 0.2) is 48.8 Å². The first-order valence-electron chi connectivity index (χ1n) is 9.84. The molecule has 2 atom stereocenters. The lowest BCUT2D eigenvalue weighted by atomic mass is 10.1. The summed E-state index contributed by atoms with van der Waals surface area (Å²) < 4.78 is 9.56. The Morgan fingerprint density at radius 2 is 2.07 bits per heavy atom. The normalized spacial score (nSPS) is 18.9. The van der Waals surface area contributed by atoms with E-state index in [9.17, 15) is 4.79 Å². The fourth-order valence-electron chi connectivity index (χ4n) is 3.60. The van der Waals surface area contributed by atoms with Crippen LogP contribution in [0.5, 0.6) is 0 Å². The van der Waals surface area contributed by atoms with Crippen LogP contribution in [0.2, 0.25) is 0 Å². The minimum atomic E-state index is -0.277. The van der Waals surface area contributed by atoms with Crippen molar-refractivity contribution in [3.8, 4) is 11.3 Å². The monoisotopic (exact) mass is 394 g/mol. The third kappa shape index (κ3) is 4.02. The standard InChI is InChI=1S/C21H26N6O2/c1-14(2)27-18(13-17(25-27)15-7-5-4-6-8-15)24-21(28)23-16-9-12-29-19(16)20-22-10-11-26(20)3/h4-8,10-11,13-14,16,19H,9,12H2,1-3H3,(H2,23,24,28)/t16-,19-/m1/s1. The molecule has 2 aromatic heterocycles. The minimum Gasteiger partial charge on any atom is -0.368 e. The SMILES string of the molecule is CC(C)n1nc(-c2ccccc2)cc1NC(=O)N[C@@H]1CCO[C@H]1c1nccn1C. The zero-order valence-electron chi connectivity index (χ0n) is 16.9. The van der Waals surface area contributed by atoms with Gasteiger partial charge in [-0.3, -0.25) is 5.32 Å². The predicted octanol–water partition coefficient (Wildman–Crippen LogP) is 3.52. The van der Waals surface area contributed by atoms with Gasteiger partial charge in [-0.2, -0.15) is 5.10 Å². The van der Waals surface area contributed by atoms with E-state index in [0.717, 1.165) is 23.5 Å². The molecule has 8 nitrogen and oxygen atoms in total. The van der Waals surface area contributed by atoms with Crippen molar-refractivity contribution in [2.24, 2.45) is 7.05 Å². The fourth-order valence-corrected chi connectivity index (χ4v) is 3.60. The molecule has 2 N–H and O–H groups in total. The van der Waals surface area contributed by atoms with E-state index in [1.54, 1.807) is 6.20 Å². The maximum atomic E-state index is 12.7. The molecule has 152 valence electrons. The van der Waals surface area contributed by atoms with E-state index in [1.807, 2.05) is 72.7 Å². The Bertz CT molecular complexity index is 978. The van der Waals surface area contributed by atoms with Gasteiger partial charge in [-0.1, -0.05) is 30.3 Å². The summed E-state index contributed by atoms with van der Waals surface area (Å²) in [5, 5.41) is 10.7. The van der Waals surface area contributed by atoms with Gasteiger partial charge in [-0.15, -0.1) is 0 Å². The van der Waals surface area contributed by atoms with E-state index in [1.165, 1.54) is 0 Å². The maximum Gasteiger partial charge on any atom is 0.320 e. The molecule has 3 heterocycles. The summed E-state index contributed by atoms with van der Waals surface area (Å²) in [6.07, 6.45) is 4.10. The smallest absolute Gasteiger partial charge is 0.320 e. The summed E-state index contributed by atoms with van der Waals surface area (Å²) in [5.74, 6) is 1.47. The number of hydrogen-bond acceptors (Lipinski definition) is 4. The Morgan fingerprint density at radius 3 is 2.76 bits per heavy atom. The predicted molar refractivity (Wildman–Crippen MR) is 111 cm³/mol. The molecule has 1 aliphatic heterocycles. The molecule has 1 saturated heterocycles. The number of rotatable bonds is 5. The van der Waals surface area contributed by atoms with Gasteiger partial charge in [0.25, 0.3) is 0 Å². The lowest BCUT2D eigenvalue weighted by Gasteiger charge is -2.20. The lowest BCUT2D eigenvalue weighted by molar-refractivity contribution is 0.0913. The third-order valence-electron chi connectivity index (χ3n) is 5.06. The zero-order chi connectivity index (χ0) is 20.4. The first-order valence-corrected chi connectivity index (χ1v) is 9.84. The Kier molecular flexibility index (Phi) is 5.35. The number of hydrogen-bond donors (Lipinski definition) is 2. The molecule has 1 fully saturated rings. The molecule has 1 aliphatic rings. The number of carbonyl (C=O) groups is 1. The summed E-state index contributed by atoms with van der Waals surface area (Å²) >= 11 is 0. The lowest BCUT2D eigenvalue weighted by Crippen LogP contribution is -2.40. The van der Waals surface area contributed by atoms with E-state index >= 15 is 0 Å². The van der Waals surface area contributed by atoms with Crippen LogP contribution in [0.25, 0.3) is 11.3 Å². The van der Waals surface area contributed by atoms with Gasteiger partial charge in [0.2, 0.25) is 0 Å². The van der Waals surface area contributed by atoms with Crippen LogP contribution >= 0.6 is 0 Å². The van der Waals surface area contributed by atoms with E-state index < -0.39 is 0 Å². The molecular weight excluding hydrogens is 368 g/mol.